The zero-order valence-electron chi connectivity index (χ0n) is 12.8. The number of alkyl halides is 1. The molecule has 0 N–H and O–H groups in total. The SMILES string of the molecule is CCN(C(=O)OC(C)(C)C)C1CCCN(C(=O)CCl)C1. The lowest BCUT2D eigenvalue weighted by atomic mass is 10.0. The molecule has 0 saturated carbocycles. The Bertz CT molecular complexity index is 355. The highest BCUT2D eigenvalue weighted by atomic mass is 35.5. The van der Waals surface area contributed by atoms with Gasteiger partial charge in [0, 0.05) is 19.6 Å². The lowest BCUT2D eigenvalue weighted by Crippen LogP contribution is -2.52. The Morgan fingerprint density at radius 1 is 1.40 bits per heavy atom. The number of likely N-dealkylation sites (N-methyl/N-ethyl adjacent to an activating group) is 1. The monoisotopic (exact) mass is 304 g/mol. The van der Waals surface area contributed by atoms with Gasteiger partial charge in [-0.1, -0.05) is 0 Å². The van der Waals surface area contributed by atoms with Gasteiger partial charge in [0.25, 0.3) is 0 Å². The number of likely N-dealkylation sites (tertiary alicyclic amines) is 1. The molecule has 1 rings (SSSR count). The first-order valence-electron chi connectivity index (χ1n) is 7.12. The molecule has 1 fully saturated rings. The van der Waals surface area contributed by atoms with Gasteiger partial charge in [0.1, 0.15) is 11.5 Å². The Morgan fingerprint density at radius 2 is 2.05 bits per heavy atom. The Morgan fingerprint density at radius 3 is 2.55 bits per heavy atom. The normalized spacial score (nSPS) is 19.6. The van der Waals surface area contributed by atoms with E-state index in [4.69, 9.17) is 16.3 Å². The molecule has 1 unspecified atom stereocenters. The van der Waals surface area contributed by atoms with Crippen molar-refractivity contribution < 1.29 is 14.3 Å². The Balaban J connectivity index is 2.69. The summed E-state index contributed by atoms with van der Waals surface area (Å²) in [5.41, 5.74) is -0.509. The van der Waals surface area contributed by atoms with Crippen LogP contribution in [0.1, 0.15) is 40.5 Å². The van der Waals surface area contributed by atoms with Crippen molar-refractivity contribution >= 4 is 23.6 Å². The number of piperidine rings is 1. The van der Waals surface area contributed by atoms with E-state index in [1.165, 1.54) is 0 Å². The summed E-state index contributed by atoms with van der Waals surface area (Å²) >= 11 is 5.60. The Hall–Kier alpha value is -0.970. The minimum atomic E-state index is -0.509. The van der Waals surface area contributed by atoms with E-state index >= 15 is 0 Å². The summed E-state index contributed by atoms with van der Waals surface area (Å²) in [6.45, 7) is 9.30. The first kappa shape index (κ1) is 17.1. The number of rotatable bonds is 3. The van der Waals surface area contributed by atoms with Gasteiger partial charge in [-0.25, -0.2) is 4.79 Å². The molecule has 0 aromatic carbocycles. The lowest BCUT2D eigenvalue weighted by molar-refractivity contribution is -0.130. The summed E-state index contributed by atoms with van der Waals surface area (Å²) in [5, 5.41) is 0. The van der Waals surface area contributed by atoms with Crippen molar-refractivity contribution in [1.82, 2.24) is 9.80 Å². The van der Waals surface area contributed by atoms with E-state index in [9.17, 15) is 9.59 Å². The molecule has 0 aromatic rings. The summed E-state index contributed by atoms with van der Waals surface area (Å²) < 4.78 is 5.42. The largest absolute Gasteiger partial charge is 0.444 e. The van der Waals surface area contributed by atoms with E-state index in [-0.39, 0.29) is 23.9 Å². The molecule has 0 aliphatic carbocycles. The topological polar surface area (TPSA) is 49.9 Å². The average Bonchev–Trinajstić information content (AvgIpc) is 2.37. The summed E-state index contributed by atoms with van der Waals surface area (Å²) in [4.78, 5) is 27.3. The third-order valence-electron chi connectivity index (χ3n) is 3.27. The van der Waals surface area contributed by atoms with E-state index in [1.807, 2.05) is 27.7 Å². The standard InChI is InChI=1S/C14H25ClN2O3/c1-5-17(13(19)20-14(2,3)4)11-7-6-8-16(10-11)12(18)9-15/h11H,5-10H2,1-4H3. The number of halogens is 1. The molecule has 1 aliphatic rings. The van der Waals surface area contributed by atoms with Crippen molar-refractivity contribution in [2.75, 3.05) is 25.5 Å². The minimum absolute atomic E-state index is 0.00865. The van der Waals surface area contributed by atoms with Crippen LogP contribution in [-0.2, 0) is 9.53 Å². The second-order valence-corrected chi connectivity index (χ2v) is 6.30. The third kappa shape index (κ3) is 4.85. The van der Waals surface area contributed by atoms with Crippen LogP contribution in [0.25, 0.3) is 0 Å². The van der Waals surface area contributed by atoms with Crippen LogP contribution >= 0.6 is 11.6 Å². The van der Waals surface area contributed by atoms with Crippen LogP contribution in [0.3, 0.4) is 0 Å². The van der Waals surface area contributed by atoms with Gasteiger partial charge in [0.2, 0.25) is 5.91 Å². The highest BCUT2D eigenvalue weighted by Crippen LogP contribution is 2.19. The molecule has 0 spiro atoms. The number of carbonyl (C=O) groups is 2. The first-order chi connectivity index (χ1) is 9.28. The maximum absolute atomic E-state index is 12.2. The molecule has 116 valence electrons. The van der Waals surface area contributed by atoms with Crippen molar-refractivity contribution in [2.24, 2.45) is 0 Å². The Kier molecular flexibility index (Phi) is 6.11. The molecule has 0 radical (unpaired) electrons. The highest BCUT2D eigenvalue weighted by Gasteiger charge is 2.31. The Labute approximate surface area is 126 Å². The predicted octanol–water partition coefficient (Wildman–Crippen LogP) is 2.47. The fourth-order valence-electron chi connectivity index (χ4n) is 2.38. The highest BCUT2D eigenvalue weighted by molar-refractivity contribution is 6.27. The van der Waals surface area contributed by atoms with Gasteiger partial charge in [-0.2, -0.15) is 0 Å². The van der Waals surface area contributed by atoms with E-state index in [2.05, 4.69) is 0 Å². The number of nitrogens with zero attached hydrogens (tertiary/aromatic N) is 2. The molecule has 2 amide bonds. The predicted molar refractivity (Wildman–Crippen MR) is 78.9 cm³/mol. The zero-order chi connectivity index (χ0) is 15.3. The van der Waals surface area contributed by atoms with Crippen LogP contribution in [0.4, 0.5) is 4.79 Å². The van der Waals surface area contributed by atoms with Crippen LogP contribution in [0.2, 0.25) is 0 Å². The zero-order valence-corrected chi connectivity index (χ0v) is 13.6. The molecule has 0 aromatic heterocycles. The van der Waals surface area contributed by atoms with E-state index in [0.29, 0.717) is 19.6 Å². The van der Waals surface area contributed by atoms with E-state index in [0.717, 1.165) is 12.8 Å². The van der Waals surface area contributed by atoms with Crippen LogP contribution < -0.4 is 0 Å². The lowest BCUT2D eigenvalue weighted by Gasteiger charge is -2.39. The van der Waals surface area contributed by atoms with E-state index < -0.39 is 5.60 Å². The fraction of sp³-hybridized carbons (Fsp3) is 0.857. The maximum atomic E-state index is 12.2. The summed E-state index contributed by atoms with van der Waals surface area (Å²) in [5.74, 6) is -0.0812. The first-order valence-corrected chi connectivity index (χ1v) is 7.65. The number of amides is 2. The summed E-state index contributed by atoms with van der Waals surface area (Å²) in [7, 11) is 0. The third-order valence-corrected chi connectivity index (χ3v) is 3.50. The number of carbonyl (C=O) groups excluding carboxylic acids is 2. The van der Waals surface area contributed by atoms with E-state index in [1.54, 1.807) is 9.80 Å². The fourth-order valence-corrected chi connectivity index (χ4v) is 2.55. The average molecular weight is 305 g/mol. The quantitative estimate of drug-likeness (QED) is 0.753. The van der Waals surface area contributed by atoms with Crippen LogP contribution in [0, 0.1) is 0 Å². The second-order valence-electron chi connectivity index (χ2n) is 6.04. The summed E-state index contributed by atoms with van der Waals surface area (Å²) in [6.07, 6.45) is 1.45. The van der Waals surface area contributed by atoms with Crippen molar-refractivity contribution in [2.45, 2.75) is 52.2 Å². The van der Waals surface area contributed by atoms with Gasteiger partial charge >= 0.3 is 6.09 Å². The summed E-state index contributed by atoms with van der Waals surface area (Å²) in [6, 6.07) is 0.00997. The molecular formula is C14H25ClN2O3. The van der Waals surface area contributed by atoms with Gasteiger partial charge < -0.3 is 14.5 Å². The molecule has 1 atom stereocenters. The number of hydrogen-bond acceptors (Lipinski definition) is 3. The van der Waals surface area contributed by atoms with Crippen molar-refractivity contribution in [3.8, 4) is 0 Å². The molecule has 20 heavy (non-hydrogen) atoms. The van der Waals surface area contributed by atoms with Gasteiger partial charge in [-0.15, -0.1) is 11.6 Å². The number of hydrogen-bond donors (Lipinski definition) is 0. The maximum Gasteiger partial charge on any atom is 0.410 e. The van der Waals surface area contributed by atoms with Crippen molar-refractivity contribution in [3.05, 3.63) is 0 Å². The van der Waals surface area contributed by atoms with Gasteiger partial charge in [0.05, 0.1) is 6.04 Å². The molecule has 6 heteroatoms. The molecule has 5 nitrogen and oxygen atoms in total. The molecule has 1 saturated heterocycles. The molecule has 0 bridgehead atoms. The van der Waals surface area contributed by atoms with Crippen LogP contribution in [-0.4, -0.2) is 59.0 Å². The van der Waals surface area contributed by atoms with Crippen molar-refractivity contribution in [1.29, 1.82) is 0 Å². The molecule has 1 heterocycles. The van der Waals surface area contributed by atoms with Gasteiger partial charge in [0.15, 0.2) is 0 Å². The van der Waals surface area contributed by atoms with Gasteiger partial charge in [-0.3, -0.25) is 4.79 Å². The minimum Gasteiger partial charge on any atom is -0.444 e. The number of ether oxygens (including phenoxy) is 1. The van der Waals surface area contributed by atoms with Crippen LogP contribution in [0.15, 0.2) is 0 Å². The molecule has 1 aliphatic heterocycles. The van der Waals surface area contributed by atoms with Gasteiger partial charge in [-0.05, 0) is 40.5 Å². The van der Waals surface area contributed by atoms with Crippen molar-refractivity contribution in [3.63, 3.8) is 0 Å². The van der Waals surface area contributed by atoms with Crippen LogP contribution in [0.5, 0.6) is 0 Å². The smallest absolute Gasteiger partial charge is 0.410 e. The molecular weight excluding hydrogens is 280 g/mol. The second kappa shape index (κ2) is 7.16.